The Bertz CT molecular complexity index is 419. The van der Waals surface area contributed by atoms with Gasteiger partial charge in [-0.15, -0.1) is 0 Å². The second-order valence-electron chi connectivity index (χ2n) is 2.60. The van der Waals surface area contributed by atoms with Gasteiger partial charge in [-0.05, 0) is 35.6 Å². The van der Waals surface area contributed by atoms with Crippen molar-refractivity contribution in [2.45, 2.75) is 6.92 Å². The molecule has 6 heteroatoms. The highest BCUT2D eigenvalue weighted by Crippen LogP contribution is 2.24. The van der Waals surface area contributed by atoms with E-state index in [0.717, 1.165) is 13.0 Å². The minimum atomic E-state index is -0.851. The molecule has 1 rings (SSSR count). The van der Waals surface area contributed by atoms with E-state index in [0.29, 0.717) is 3.57 Å². The molecule has 0 aliphatic carbocycles. The minimum absolute atomic E-state index is 0.386. The van der Waals surface area contributed by atoms with Crippen LogP contribution in [0.15, 0.2) is 12.1 Å². The molecule has 0 amide bonds. The molecular formula is C8H5FINO3. The van der Waals surface area contributed by atoms with Crippen LogP contribution in [0.25, 0.3) is 0 Å². The third-order valence-corrected chi connectivity index (χ3v) is 2.21. The summed E-state index contributed by atoms with van der Waals surface area (Å²) in [5.41, 5.74) is -0.947. The fraction of sp³-hybridized carbons (Fsp3) is 0.125. The van der Waals surface area contributed by atoms with Gasteiger partial charge < -0.3 is 0 Å². The predicted molar refractivity (Wildman–Crippen MR) is 55.8 cm³/mol. The predicted octanol–water partition coefficient (Wildman–Crippen LogP) is 2.54. The lowest BCUT2D eigenvalue weighted by Crippen LogP contribution is -2.04. The van der Waals surface area contributed by atoms with Crippen LogP contribution in [0, 0.1) is 19.5 Å². The number of nitrogens with zero attached hydrogens (tertiary/aromatic N) is 1. The molecule has 0 aliphatic rings. The standard InChI is InChI=1S/C8H5FINO3/c1-4(12)8-6(9)2-5(10)3-7(8)11(13)14/h2-3H,1H3. The first-order chi connectivity index (χ1) is 6.43. The fourth-order valence-corrected chi connectivity index (χ4v) is 1.62. The highest BCUT2D eigenvalue weighted by molar-refractivity contribution is 14.1. The normalized spacial score (nSPS) is 9.93. The summed E-state index contributed by atoms with van der Waals surface area (Å²) < 4.78 is 13.6. The molecule has 0 heterocycles. The van der Waals surface area contributed by atoms with Gasteiger partial charge in [-0.3, -0.25) is 14.9 Å². The summed E-state index contributed by atoms with van der Waals surface area (Å²) in [6.45, 7) is 1.10. The number of halogens is 2. The lowest BCUT2D eigenvalue weighted by atomic mass is 10.1. The molecule has 0 aromatic heterocycles. The van der Waals surface area contributed by atoms with Gasteiger partial charge in [0.15, 0.2) is 5.78 Å². The molecule has 1 aromatic carbocycles. The monoisotopic (exact) mass is 309 g/mol. The third-order valence-electron chi connectivity index (χ3n) is 1.58. The maximum absolute atomic E-state index is 13.2. The Morgan fingerprint density at radius 3 is 2.57 bits per heavy atom. The molecule has 0 radical (unpaired) electrons. The maximum Gasteiger partial charge on any atom is 0.284 e. The van der Waals surface area contributed by atoms with Crippen molar-refractivity contribution in [2.75, 3.05) is 0 Å². The van der Waals surface area contributed by atoms with Crippen molar-refractivity contribution in [3.05, 3.63) is 37.2 Å². The van der Waals surface area contributed by atoms with Gasteiger partial charge >= 0.3 is 0 Å². The Hall–Kier alpha value is -1.05. The van der Waals surface area contributed by atoms with Crippen molar-refractivity contribution in [3.8, 4) is 0 Å². The second kappa shape index (κ2) is 3.99. The molecule has 0 atom stereocenters. The van der Waals surface area contributed by atoms with Gasteiger partial charge in [0.2, 0.25) is 0 Å². The Labute approximate surface area is 92.4 Å². The highest BCUT2D eigenvalue weighted by Gasteiger charge is 2.22. The maximum atomic E-state index is 13.2. The lowest BCUT2D eigenvalue weighted by Gasteiger charge is -2.01. The molecule has 0 spiro atoms. The number of ketones is 1. The van der Waals surface area contributed by atoms with Crippen LogP contribution in [-0.2, 0) is 0 Å². The van der Waals surface area contributed by atoms with Crippen molar-refractivity contribution in [3.63, 3.8) is 0 Å². The number of hydrogen-bond donors (Lipinski definition) is 0. The van der Waals surface area contributed by atoms with Crippen LogP contribution in [0.1, 0.15) is 17.3 Å². The highest BCUT2D eigenvalue weighted by atomic mass is 127. The van der Waals surface area contributed by atoms with Crippen LogP contribution in [0.5, 0.6) is 0 Å². The Kier molecular flexibility index (Phi) is 3.14. The molecule has 0 aliphatic heterocycles. The van der Waals surface area contributed by atoms with E-state index in [-0.39, 0.29) is 0 Å². The number of nitro benzene ring substituents is 1. The van der Waals surface area contributed by atoms with E-state index in [1.807, 2.05) is 0 Å². The van der Waals surface area contributed by atoms with Crippen LogP contribution in [0.4, 0.5) is 10.1 Å². The molecule has 4 nitrogen and oxygen atoms in total. The van der Waals surface area contributed by atoms with Crippen LogP contribution in [0.2, 0.25) is 0 Å². The van der Waals surface area contributed by atoms with E-state index in [1.165, 1.54) is 6.07 Å². The number of Topliss-reactive ketones (excluding diaryl/α,β-unsaturated/α-hetero) is 1. The number of rotatable bonds is 2. The molecule has 0 unspecified atom stereocenters. The summed E-state index contributed by atoms with van der Waals surface area (Å²) in [5, 5.41) is 10.5. The van der Waals surface area contributed by atoms with Gasteiger partial charge in [-0.25, -0.2) is 4.39 Å². The summed E-state index contributed by atoms with van der Waals surface area (Å²) in [6, 6.07) is 2.25. The molecule has 1 aromatic rings. The summed E-state index contributed by atoms with van der Waals surface area (Å²) in [6.07, 6.45) is 0. The summed E-state index contributed by atoms with van der Waals surface area (Å²) in [7, 11) is 0. The Morgan fingerprint density at radius 2 is 2.14 bits per heavy atom. The Balaban J connectivity index is 3.52. The third kappa shape index (κ3) is 2.06. The molecule has 0 fully saturated rings. The molecule has 0 saturated heterocycles. The van der Waals surface area contributed by atoms with Gasteiger partial charge in [0, 0.05) is 9.64 Å². The Morgan fingerprint density at radius 1 is 1.57 bits per heavy atom. The van der Waals surface area contributed by atoms with E-state index in [4.69, 9.17) is 0 Å². The minimum Gasteiger partial charge on any atom is -0.294 e. The zero-order valence-corrected chi connectivity index (χ0v) is 9.24. The molecule has 0 bridgehead atoms. The van der Waals surface area contributed by atoms with Crippen molar-refractivity contribution in [2.24, 2.45) is 0 Å². The van der Waals surface area contributed by atoms with Gasteiger partial charge in [0.25, 0.3) is 5.69 Å². The van der Waals surface area contributed by atoms with E-state index in [2.05, 4.69) is 0 Å². The summed E-state index contributed by atoms with van der Waals surface area (Å²) in [4.78, 5) is 20.7. The number of nitro groups is 1. The van der Waals surface area contributed by atoms with E-state index >= 15 is 0 Å². The van der Waals surface area contributed by atoms with E-state index in [9.17, 15) is 19.3 Å². The molecular weight excluding hydrogens is 304 g/mol. The van der Waals surface area contributed by atoms with Gasteiger partial charge in [0.05, 0.1) is 4.92 Å². The largest absolute Gasteiger partial charge is 0.294 e. The summed E-state index contributed by atoms with van der Waals surface area (Å²) >= 11 is 1.75. The van der Waals surface area contributed by atoms with E-state index in [1.54, 1.807) is 22.6 Å². The lowest BCUT2D eigenvalue weighted by molar-refractivity contribution is -0.385. The smallest absolute Gasteiger partial charge is 0.284 e. The molecule has 74 valence electrons. The first-order valence-electron chi connectivity index (χ1n) is 3.58. The number of carbonyl (C=O) groups is 1. The van der Waals surface area contributed by atoms with Crippen LogP contribution in [0.3, 0.4) is 0 Å². The van der Waals surface area contributed by atoms with Crippen LogP contribution in [-0.4, -0.2) is 10.7 Å². The molecule has 14 heavy (non-hydrogen) atoms. The average Bonchev–Trinajstić information content (AvgIpc) is 2.01. The fourth-order valence-electron chi connectivity index (χ4n) is 1.05. The SMILES string of the molecule is CC(=O)c1c(F)cc(I)cc1[N+](=O)[O-]. The topological polar surface area (TPSA) is 60.2 Å². The first-order valence-corrected chi connectivity index (χ1v) is 4.65. The van der Waals surface area contributed by atoms with Gasteiger partial charge in [-0.1, -0.05) is 0 Å². The van der Waals surface area contributed by atoms with Gasteiger partial charge in [-0.2, -0.15) is 0 Å². The number of hydrogen-bond acceptors (Lipinski definition) is 3. The molecule has 0 saturated carbocycles. The average molecular weight is 309 g/mol. The van der Waals surface area contributed by atoms with Crippen molar-refractivity contribution >= 4 is 34.1 Å². The van der Waals surface area contributed by atoms with Crippen molar-refractivity contribution in [1.82, 2.24) is 0 Å². The zero-order chi connectivity index (χ0) is 10.9. The summed E-state index contributed by atoms with van der Waals surface area (Å²) in [5.74, 6) is -1.50. The first kappa shape index (κ1) is 11.0. The second-order valence-corrected chi connectivity index (χ2v) is 3.84. The van der Waals surface area contributed by atoms with Gasteiger partial charge in [0.1, 0.15) is 11.4 Å². The molecule has 0 N–H and O–H groups in total. The number of benzene rings is 1. The number of carbonyl (C=O) groups excluding carboxylic acids is 1. The zero-order valence-electron chi connectivity index (χ0n) is 7.08. The van der Waals surface area contributed by atoms with Crippen LogP contribution >= 0.6 is 22.6 Å². The van der Waals surface area contributed by atoms with Crippen molar-refractivity contribution in [1.29, 1.82) is 0 Å². The van der Waals surface area contributed by atoms with Crippen molar-refractivity contribution < 1.29 is 14.1 Å². The quantitative estimate of drug-likeness (QED) is 0.365. The van der Waals surface area contributed by atoms with E-state index < -0.39 is 27.8 Å². The van der Waals surface area contributed by atoms with Crippen LogP contribution < -0.4 is 0 Å².